The number of thiazole rings is 3. The molecule has 76 heavy (non-hydrogen) atoms. The SMILES string of the molecule is C.C.C.CC(=O)Nc1csc(-c2cnc(N3CCC[C@@H]3C)nc2)n1.CC(=O)Nc1csc(Br)n1.CC1(C)OB(c2cnc(N3CCC[C@@H]3C(F)(F)F)nc2)OC1(C)C.C[C@H]1CCCN1c1ncc(-c2nc(N)cs2)cn1. The molecule has 0 radical (unpaired) electrons. The van der Waals surface area contributed by atoms with Crippen molar-refractivity contribution in [2.45, 2.75) is 152 Å². The standard InChI is InChI=1S/C15H21BF3N3O2.C14H17N5OS.C12H15N5S.C5H5BrN2OS.3CH4/c1-13(2)14(3,4)24-16(23-13)10-8-20-12(21-9-10)22-7-5-6-11(22)15(17,18)19;1-9-4-3-5-19(9)14-15-6-11(7-16-14)13-18-12(8-21-13)17-10(2)20;1-8-3-2-4-17(8)12-14-5-9(6-15-12)11-16-10(13)7-18-11;1-3(9)7-4-2-10-5(6)8-4;;;/h8-9,11H,5-7H2,1-4H3;6-9H,3-5H2,1-2H3,(H,17,20);5-8H,2-4,13H2,1H3;2H,1H3,(H,7,9);3*1H4/t11-;9-;8-;;;;/m100..../s1. The molecular formula is C49H70BBrF3N15O4S3. The molecule has 4 N–H and O–H groups in total. The number of carbonyl (C=O) groups excluding carboxylic acids is 2. The Morgan fingerprint density at radius 2 is 1.07 bits per heavy atom. The highest BCUT2D eigenvalue weighted by Gasteiger charge is 2.52. The Morgan fingerprint density at radius 3 is 1.47 bits per heavy atom. The van der Waals surface area contributed by atoms with Crippen molar-refractivity contribution in [1.29, 1.82) is 0 Å². The predicted molar refractivity (Wildman–Crippen MR) is 306 cm³/mol. The molecule has 4 aliphatic heterocycles. The monoisotopic (exact) mass is 1180 g/mol. The second-order valence-corrected chi connectivity index (χ2v) is 22.5. The summed E-state index contributed by atoms with van der Waals surface area (Å²) in [4.78, 5) is 65.7. The Morgan fingerprint density at radius 1 is 0.658 bits per heavy atom. The lowest BCUT2D eigenvalue weighted by Crippen LogP contribution is -2.42. The third-order valence-corrected chi connectivity index (χ3v) is 15.7. The number of rotatable bonds is 8. The number of nitrogens with two attached hydrogens (primary N) is 1. The summed E-state index contributed by atoms with van der Waals surface area (Å²) in [5.74, 6) is 3.18. The molecule has 19 nitrogen and oxygen atoms in total. The zero-order valence-corrected chi connectivity index (χ0v) is 45.7. The normalized spacial score (nSPS) is 19.1. The van der Waals surface area contributed by atoms with Gasteiger partial charge in [0.1, 0.15) is 33.5 Å². The lowest BCUT2D eigenvalue weighted by Gasteiger charge is -2.32. The van der Waals surface area contributed by atoms with Crippen molar-refractivity contribution >= 4 is 110 Å². The van der Waals surface area contributed by atoms with Crippen LogP contribution in [0.25, 0.3) is 21.1 Å². The number of nitrogen functional groups attached to an aromatic ring is 1. The van der Waals surface area contributed by atoms with Crippen LogP contribution in [0.1, 0.15) is 116 Å². The van der Waals surface area contributed by atoms with E-state index in [-0.39, 0.29) is 46.5 Å². The topological polar surface area (TPSA) is 228 Å². The molecule has 3 atom stereocenters. The van der Waals surface area contributed by atoms with Crippen LogP contribution < -0.4 is 36.5 Å². The van der Waals surface area contributed by atoms with Gasteiger partial charge in [0.25, 0.3) is 0 Å². The fraction of sp³-hybridized carbons (Fsp3) is 0.531. The molecule has 0 aliphatic carbocycles. The molecule has 0 spiro atoms. The molecule has 2 amide bonds. The zero-order valence-electron chi connectivity index (χ0n) is 41.7. The molecule has 10 heterocycles. The fourth-order valence-electron chi connectivity index (χ4n) is 8.10. The minimum Gasteiger partial charge on any atom is -0.399 e. The van der Waals surface area contributed by atoms with E-state index in [1.165, 1.54) is 90.8 Å². The summed E-state index contributed by atoms with van der Waals surface area (Å²) >= 11 is 7.59. The van der Waals surface area contributed by atoms with Gasteiger partial charge >= 0.3 is 13.3 Å². The first-order chi connectivity index (χ1) is 34.6. The van der Waals surface area contributed by atoms with Gasteiger partial charge in [-0.05, 0) is 96.0 Å². The van der Waals surface area contributed by atoms with E-state index >= 15 is 0 Å². The van der Waals surface area contributed by atoms with Gasteiger partial charge in [-0.15, -0.1) is 34.0 Å². The van der Waals surface area contributed by atoms with Crippen LogP contribution in [0.5, 0.6) is 0 Å². The number of hydrogen-bond donors (Lipinski definition) is 3. The minimum absolute atomic E-state index is 0. The highest BCUT2D eigenvalue weighted by Crippen LogP contribution is 2.37. The maximum absolute atomic E-state index is 13.1. The van der Waals surface area contributed by atoms with Crippen LogP contribution in [-0.2, 0) is 18.9 Å². The van der Waals surface area contributed by atoms with Crippen molar-refractivity contribution in [2.24, 2.45) is 0 Å². The molecule has 10 rings (SSSR count). The van der Waals surface area contributed by atoms with Crippen molar-refractivity contribution < 1.29 is 32.1 Å². The molecule has 0 saturated carbocycles. The van der Waals surface area contributed by atoms with Crippen molar-refractivity contribution in [1.82, 2.24) is 44.9 Å². The van der Waals surface area contributed by atoms with E-state index in [0.29, 0.717) is 48.0 Å². The number of alkyl halides is 3. The number of hydrogen-bond acceptors (Lipinski definition) is 20. The quantitative estimate of drug-likeness (QED) is 0.120. The third-order valence-electron chi connectivity index (χ3n) is 12.6. The molecule has 4 saturated heterocycles. The molecule has 0 bridgehead atoms. The van der Waals surface area contributed by atoms with Crippen molar-refractivity contribution in [3.05, 3.63) is 57.2 Å². The van der Waals surface area contributed by atoms with Gasteiger partial charge in [0.15, 0.2) is 3.92 Å². The van der Waals surface area contributed by atoms with Gasteiger partial charge in [-0.1, -0.05) is 22.3 Å². The Hall–Kier alpha value is -5.48. The lowest BCUT2D eigenvalue weighted by molar-refractivity contribution is -0.146. The average molecular weight is 1180 g/mol. The molecule has 414 valence electrons. The maximum Gasteiger partial charge on any atom is 0.498 e. The summed E-state index contributed by atoms with van der Waals surface area (Å²) < 4.78 is 51.7. The van der Waals surface area contributed by atoms with Gasteiger partial charge in [-0.2, -0.15) is 13.2 Å². The number of nitrogens with zero attached hydrogens (tertiary/aromatic N) is 12. The van der Waals surface area contributed by atoms with E-state index in [4.69, 9.17) is 15.0 Å². The van der Waals surface area contributed by atoms with Gasteiger partial charge in [-0.25, -0.2) is 44.9 Å². The van der Waals surface area contributed by atoms with E-state index < -0.39 is 30.5 Å². The van der Waals surface area contributed by atoms with Crippen LogP contribution in [0.15, 0.2) is 57.2 Å². The lowest BCUT2D eigenvalue weighted by atomic mass is 9.81. The van der Waals surface area contributed by atoms with Gasteiger partial charge in [0, 0.05) is 115 Å². The Balaban J connectivity index is 0.000000223. The highest BCUT2D eigenvalue weighted by atomic mass is 79.9. The van der Waals surface area contributed by atoms with E-state index in [2.05, 4.69) is 95.1 Å². The number of nitrogens with one attached hydrogen (secondary N) is 2. The highest BCUT2D eigenvalue weighted by molar-refractivity contribution is 9.11. The van der Waals surface area contributed by atoms with E-state index in [0.717, 1.165) is 50.0 Å². The van der Waals surface area contributed by atoms with Gasteiger partial charge < -0.3 is 40.4 Å². The van der Waals surface area contributed by atoms with Crippen LogP contribution in [-0.4, -0.2) is 119 Å². The van der Waals surface area contributed by atoms with Crippen LogP contribution in [0, 0.1) is 0 Å². The Bertz CT molecular complexity index is 2760. The van der Waals surface area contributed by atoms with Crippen molar-refractivity contribution in [3.8, 4) is 21.1 Å². The number of anilines is 6. The maximum atomic E-state index is 13.1. The molecular weight excluding hydrogens is 1110 g/mol. The second-order valence-electron chi connectivity index (χ2n) is 18.7. The first-order valence-electron chi connectivity index (χ1n) is 23.6. The molecule has 0 unspecified atom stereocenters. The molecule has 6 aromatic heterocycles. The van der Waals surface area contributed by atoms with Crippen LogP contribution in [0.4, 0.5) is 48.5 Å². The van der Waals surface area contributed by atoms with E-state index in [1.54, 1.807) is 17.8 Å². The Kier molecular flexibility index (Phi) is 22.6. The van der Waals surface area contributed by atoms with Crippen molar-refractivity contribution in [2.75, 3.05) is 50.7 Å². The number of carbonyl (C=O) groups is 2. The molecule has 0 aromatic carbocycles. The third kappa shape index (κ3) is 16.3. The fourth-order valence-corrected chi connectivity index (χ4v) is 10.5. The summed E-state index contributed by atoms with van der Waals surface area (Å²) in [6, 6.07) is -0.478. The van der Waals surface area contributed by atoms with E-state index in [9.17, 15) is 22.8 Å². The van der Waals surface area contributed by atoms with Crippen LogP contribution in [0.3, 0.4) is 0 Å². The second kappa shape index (κ2) is 27.2. The zero-order chi connectivity index (χ0) is 52.7. The predicted octanol–water partition coefficient (Wildman–Crippen LogP) is 10.8. The van der Waals surface area contributed by atoms with Crippen molar-refractivity contribution in [3.63, 3.8) is 0 Å². The Labute approximate surface area is 464 Å². The molecule has 27 heteroatoms. The first kappa shape index (κ1) is 63.1. The molecule has 6 aromatic rings. The molecule has 4 fully saturated rings. The average Bonchev–Trinajstić information content (AvgIpc) is 4.21. The van der Waals surface area contributed by atoms with Gasteiger partial charge in [-0.3, -0.25) is 9.59 Å². The summed E-state index contributed by atoms with van der Waals surface area (Å²) in [5.41, 5.74) is 7.02. The summed E-state index contributed by atoms with van der Waals surface area (Å²) in [5, 5.41) is 12.3. The van der Waals surface area contributed by atoms with E-state index in [1.807, 2.05) is 50.8 Å². The van der Waals surface area contributed by atoms with Crippen LogP contribution >= 0.6 is 49.9 Å². The summed E-state index contributed by atoms with van der Waals surface area (Å²) in [7, 11) is -0.624. The van der Waals surface area contributed by atoms with Gasteiger partial charge in [0.2, 0.25) is 29.7 Å². The van der Waals surface area contributed by atoms with Crippen LogP contribution in [0.2, 0.25) is 0 Å². The first-order valence-corrected chi connectivity index (χ1v) is 27.0. The smallest absolute Gasteiger partial charge is 0.399 e. The number of aromatic nitrogens is 9. The number of amides is 2. The summed E-state index contributed by atoms with van der Waals surface area (Å²) in [6.07, 6.45) is 11.3. The number of halogens is 4. The summed E-state index contributed by atoms with van der Waals surface area (Å²) in [6.45, 7) is 17.4. The minimum atomic E-state index is -4.27. The van der Waals surface area contributed by atoms with Gasteiger partial charge in [0.05, 0.1) is 11.2 Å². The largest absolute Gasteiger partial charge is 0.498 e. The molecule has 4 aliphatic rings.